The predicted molar refractivity (Wildman–Crippen MR) is 96.3 cm³/mol. The second kappa shape index (κ2) is 9.60. The Labute approximate surface area is 150 Å². The summed E-state index contributed by atoms with van der Waals surface area (Å²) >= 11 is 1.59. The fraction of sp³-hybridized carbons (Fsp3) is 0.389. The number of carbonyl (C=O) groups is 1. The third kappa shape index (κ3) is 5.88. The van der Waals surface area contributed by atoms with E-state index in [-0.39, 0.29) is 12.3 Å². The number of hydrogen-bond acceptors (Lipinski definition) is 4. The average molecular weight is 367 g/mol. The molecule has 0 bridgehead atoms. The first-order chi connectivity index (χ1) is 12.0. The summed E-state index contributed by atoms with van der Waals surface area (Å²) in [6.45, 7) is 1.89. The lowest BCUT2D eigenvalue weighted by Gasteiger charge is -2.25. The van der Waals surface area contributed by atoms with Crippen LogP contribution >= 0.6 is 11.3 Å². The van der Waals surface area contributed by atoms with Gasteiger partial charge in [0.25, 0.3) is 0 Å². The van der Waals surface area contributed by atoms with Gasteiger partial charge in [0, 0.05) is 11.4 Å². The highest BCUT2D eigenvalue weighted by Crippen LogP contribution is 2.15. The molecule has 2 aromatic rings. The van der Waals surface area contributed by atoms with Crippen molar-refractivity contribution in [3.8, 4) is 0 Å². The zero-order valence-electron chi connectivity index (χ0n) is 14.2. The topological polar surface area (TPSA) is 58.4 Å². The Morgan fingerprint density at radius 1 is 1.32 bits per heavy atom. The minimum atomic E-state index is -0.929. The van der Waals surface area contributed by atoms with Crippen molar-refractivity contribution >= 4 is 17.2 Å². The molecule has 0 aliphatic heterocycles. The lowest BCUT2D eigenvalue weighted by Crippen LogP contribution is -2.45. The monoisotopic (exact) mass is 367 g/mol. The van der Waals surface area contributed by atoms with E-state index in [1.165, 1.54) is 6.07 Å². The third-order valence-corrected chi connectivity index (χ3v) is 4.71. The smallest absolute Gasteiger partial charge is 0.240 e. The second-order valence-electron chi connectivity index (χ2n) is 5.86. The number of amides is 1. The SMILES string of the molecule is CNCCCN(Cc1cccs1)C(=O)C(N)Cc1ccc(F)c(F)c1. The number of halogens is 2. The van der Waals surface area contributed by atoms with Gasteiger partial charge < -0.3 is 16.0 Å². The number of rotatable bonds is 9. The van der Waals surface area contributed by atoms with Gasteiger partial charge in [0.2, 0.25) is 5.91 Å². The Morgan fingerprint density at radius 2 is 2.12 bits per heavy atom. The lowest BCUT2D eigenvalue weighted by atomic mass is 10.0. The van der Waals surface area contributed by atoms with Crippen LogP contribution in [0.1, 0.15) is 16.9 Å². The molecule has 136 valence electrons. The molecule has 25 heavy (non-hydrogen) atoms. The predicted octanol–water partition coefficient (Wildman–Crippen LogP) is 2.53. The van der Waals surface area contributed by atoms with Crippen LogP contribution in [0.15, 0.2) is 35.7 Å². The van der Waals surface area contributed by atoms with Crippen molar-refractivity contribution in [1.82, 2.24) is 10.2 Å². The lowest BCUT2D eigenvalue weighted by molar-refractivity contribution is -0.133. The molecule has 3 N–H and O–H groups in total. The standard InChI is InChI=1S/C18H23F2N3OS/c1-22-7-3-8-23(12-14-4-2-9-25-14)18(24)17(21)11-13-5-6-15(19)16(20)10-13/h2,4-6,9-10,17,22H,3,7-8,11-12,21H2,1H3. The highest BCUT2D eigenvalue weighted by atomic mass is 32.1. The normalized spacial score (nSPS) is 12.2. The molecule has 1 aromatic heterocycles. The molecule has 0 aliphatic rings. The van der Waals surface area contributed by atoms with Crippen LogP contribution in [-0.2, 0) is 17.8 Å². The van der Waals surface area contributed by atoms with Gasteiger partial charge in [0.15, 0.2) is 11.6 Å². The Hall–Kier alpha value is -1.83. The summed E-state index contributed by atoms with van der Waals surface area (Å²) in [5.74, 6) is -2.02. The van der Waals surface area contributed by atoms with Crippen molar-refractivity contribution in [3.63, 3.8) is 0 Å². The number of nitrogens with zero attached hydrogens (tertiary/aromatic N) is 1. The minimum Gasteiger partial charge on any atom is -0.336 e. The van der Waals surface area contributed by atoms with Gasteiger partial charge in [-0.05, 0) is 55.6 Å². The zero-order valence-corrected chi connectivity index (χ0v) is 15.0. The van der Waals surface area contributed by atoms with Gasteiger partial charge >= 0.3 is 0 Å². The molecule has 0 radical (unpaired) electrons. The van der Waals surface area contributed by atoms with E-state index in [9.17, 15) is 13.6 Å². The van der Waals surface area contributed by atoms with Crippen LogP contribution in [0.2, 0.25) is 0 Å². The summed E-state index contributed by atoms with van der Waals surface area (Å²) in [5.41, 5.74) is 6.56. The summed E-state index contributed by atoms with van der Waals surface area (Å²) in [7, 11) is 1.86. The highest BCUT2D eigenvalue weighted by molar-refractivity contribution is 7.09. The molecule has 1 amide bonds. The summed E-state index contributed by atoms with van der Waals surface area (Å²) in [4.78, 5) is 15.5. The number of carbonyl (C=O) groups excluding carboxylic acids is 1. The molecule has 4 nitrogen and oxygen atoms in total. The Kier molecular flexibility index (Phi) is 7.49. The van der Waals surface area contributed by atoms with Crippen LogP contribution in [0.25, 0.3) is 0 Å². The maximum absolute atomic E-state index is 13.3. The van der Waals surface area contributed by atoms with E-state index in [1.807, 2.05) is 24.6 Å². The molecule has 1 aromatic carbocycles. The number of nitrogens with one attached hydrogen (secondary N) is 1. The zero-order chi connectivity index (χ0) is 18.2. The van der Waals surface area contributed by atoms with Gasteiger partial charge in [-0.1, -0.05) is 12.1 Å². The molecule has 7 heteroatoms. The summed E-state index contributed by atoms with van der Waals surface area (Å²) in [6.07, 6.45) is 0.981. The summed E-state index contributed by atoms with van der Waals surface area (Å²) < 4.78 is 26.4. The van der Waals surface area contributed by atoms with Crippen LogP contribution in [0.5, 0.6) is 0 Å². The van der Waals surface area contributed by atoms with Gasteiger partial charge in [-0.25, -0.2) is 8.78 Å². The fourth-order valence-corrected chi connectivity index (χ4v) is 3.27. The van der Waals surface area contributed by atoms with Gasteiger partial charge in [-0.3, -0.25) is 4.79 Å². The summed E-state index contributed by atoms with van der Waals surface area (Å²) in [5, 5.41) is 5.02. The van der Waals surface area contributed by atoms with Crippen LogP contribution in [0.4, 0.5) is 8.78 Å². The molecule has 0 spiro atoms. The molecule has 1 atom stereocenters. The van der Waals surface area contributed by atoms with Crippen molar-refractivity contribution in [2.75, 3.05) is 20.1 Å². The maximum Gasteiger partial charge on any atom is 0.240 e. The van der Waals surface area contributed by atoms with Crippen molar-refractivity contribution in [2.24, 2.45) is 5.73 Å². The number of nitrogens with two attached hydrogens (primary N) is 1. The van der Waals surface area contributed by atoms with Crippen molar-refractivity contribution in [3.05, 3.63) is 57.8 Å². The average Bonchev–Trinajstić information content (AvgIpc) is 3.10. The van der Waals surface area contributed by atoms with E-state index in [0.717, 1.165) is 30.0 Å². The van der Waals surface area contributed by atoms with E-state index in [1.54, 1.807) is 16.2 Å². The first-order valence-corrected chi connectivity index (χ1v) is 9.04. The van der Waals surface area contributed by atoms with E-state index >= 15 is 0 Å². The largest absolute Gasteiger partial charge is 0.336 e. The van der Waals surface area contributed by atoms with Crippen LogP contribution in [0.3, 0.4) is 0 Å². The minimum absolute atomic E-state index is 0.170. The molecule has 0 saturated heterocycles. The van der Waals surface area contributed by atoms with Gasteiger partial charge in [-0.15, -0.1) is 11.3 Å². The fourth-order valence-electron chi connectivity index (χ4n) is 2.55. The molecule has 1 unspecified atom stereocenters. The molecular weight excluding hydrogens is 344 g/mol. The van der Waals surface area contributed by atoms with Crippen molar-refractivity contribution < 1.29 is 13.6 Å². The van der Waals surface area contributed by atoms with Gasteiger partial charge in [0.05, 0.1) is 12.6 Å². The van der Waals surface area contributed by atoms with E-state index in [2.05, 4.69) is 5.32 Å². The van der Waals surface area contributed by atoms with E-state index in [4.69, 9.17) is 5.73 Å². The van der Waals surface area contributed by atoms with Crippen molar-refractivity contribution in [1.29, 1.82) is 0 Å². The second-order valence-corrected chi connectivity index (χ2v) is 6.89. The number of thiophene rings is 1. The molecule has 1 heterocycles. The Balaban J connectivity index is 2.03. The molecule has 0 saturated carbocycles. The number of hydrogen-bond donors (Lipinski definition) is 2. The Morgan fingerprint density at radius 3 is 2.76 bits per heavy atom. The quantitative estimate of drug-likeness (QED) is 0.670. The van der Waals surface area contributed by atoms with E-state index in [0.29, 0.717) is 18.7 Å². The van der Waals surface area contributed by atoms with Crippen molar-refractivity contribution in [2.45, 2.75) is 25.4 Å². The molecule has 0 aliphatic carbocycles. The molecule has 2 rings (SSSR count). The number of benzene rings is 1. The first-order valence-electron chi connectivity index (χ1n) is 8.16. The Bertz CT molecular complexity index is 679. The summed E-state index contributed by atoms with van der Waals surface area (Å²) in [6, 6.07) is 6.72. The van der Waals surface area contributed by atoms with E-state index < -0.39 is 17.7 Å². The maximum atomic E-state index is 13.3. The van der Waals surface area contributed by atoms with Crippen LogP contribution in [-0.4, -0.2) is 37.0 Å². The third-order valence-electron chi connectivity index (χ3n) is 3.85. The van der Waals surface area contributed by atoms with Gasteiger partial charge in [-0.2, -0.15) is 0 Å². The van der Waals surface area contributed by atoms with Gasteiger partial charge in [0.1, 0.15) is 0 Å². The van der Waals surface area contributed by atoms with Crippen LogP contribution in [0, 0.1) is 11.6 Å². The highest BCUT2D eigenvalue weighted by Gasteiger charge is 2.22. The first kappa shape index (κ1) is 19.5. The molecule has 0 fully saturated rings. The van der Waals surface area contributed by atoms with Crippen LogP contribution < -0.4 is 11.1 Å². The molecular formula is C18H23F2N3OS.